The van der Waals surface area contributed by atoms with Crippen molar-refractivity contribution in [2.75, 3.05) is 27.3 Å². The largest absolute Gasteiger partial charge is 0.444 e. The minimum absolute atomic E-state index is 0.0690. The van der Waals surface area contributed by atoms with Gasteiger partial charge in [0.1, 0.15) is 12.4 Å². The van der Waals surface area contributed by atoms with Gasteiger partial charge in [0.15, 0.2) is 0 Å². The van der Waals surface area contributed by atoms with Crippen molar-refractivity contribution in [3.63, 3.8) is 0 Å². The molecule has 0 aliphatic rings. The summed E-state index contributed by atoms with van der Waals surface area (Å²) in [7, 11) is 3.40. The van der Waals surface area contributed by atoms with Crippen molar-refractivity contribution in [2.24, 2.45) is 5.41 Å². The maximum atomic E-state index is 11.7. The third-order valence-corrected chi connectivity index (χ3v) is 1.91. The summed E-state index contributed by atoms with van der Waals surface area (Å²) in [6.45, 7) is 12.9. The molecule has 0 radical (unpaired) electrons. The molecule has 0 rings (SSSR count). The summed E-state index contributed by atoms with van der Waals surface area (Å²) in [6, 6.07) is 0. The van der Waals surface area contributed by atoms with Crippen molar-refractivity contribution in [1.29, 1.82) is 0 Å². The highest BCUT2D eigenvalue weighted by molar-refractivity contribution is 5.67. The Balaban J connectivity index is 0. The van der Waals surface area contributed by atoms with Crippen LogP contribution in [0.3, 0.4) is 0 Å². The topological polar surface area (TPSA) is 55.8 Å². The number of methoxy groups -OCH3 is 1. The van der Waals surface area contributed by atoms with Gasteiger partial charge in [-0.3, -0.25) is 0 Å². The standard InChI is InChI=1S/C12H25NO3.CH2O/c1-11(2,3)16-10(14)13(6)8-12(4,5)9-15-7;1-2/h8-9H2,1-7H3;1H2. The van der Waals surface area contributed by atoms with Crippen LogP contribution in [-0.2, 0) is 14.3 Å². The highest BCUT2D eigenvalue weighted by Crippen LogP contribution is 2.18. The highest BCUT2D eigenvalue weighted by Gasteiger charge is 2.25. The van der Waals surface area contributed by atoms with Crippen LogP contribution in [0, 0.1) is 5.41 Å². The van der Waals surface area contributed by atoms with E-state index >= 15 is 0 Å². The first-order chi connectivity index (χ1) is 8.07. The summed E-state index contributed by atoms with van der Waals surface area (Å²) in [5.41, 5.74) is -0.517. The summed E-state index contributed by atoms with van der Waals surface area (Å²) in [5.74, 6) is 0. The Morgan fingerprint density at radius 2 is 1.61 bits per heavy atom. The predicted octanol–water partition coefficient (Wildman–Crippen LogP) is 2.34. The van der Waals surface area contributed by atoms with E-state index in [9.17, 15) is 4.79 Å². The Hall–Kier alpha value is -1.10. The summed E-state index contributed by atoms with van der Waals surface area (Å²) in [5, 5.41) is 0. The van der Waals surface area contributed by atoms with E-state index in [4.69, 9.17) is 14.3 Å². The van der Waals surface area contributed by atoms with Gasteiger partial charge in [-0.2, -0.15) is 0 Å². The summed E-state index contributed by atoms with van der Waals surface area (Å²) in [4.78, 5) is 21.3. The van der Waals surface area contributed by atoms with Gasteiger partial charge in [0, 0.05) is 26.1 Å². The Bertz CT molecular complexity index is 246. The molecule has 0 aromatic rings. The molecule has 0 fully saturated rings. The predicted molar refractivity (Wildman–Crippen MR) is 71.6 cm³/mol. The second-order valence-corrected chi connectivity index (χ2v) is 5.93. The van der Waals surface area contributed by atoms with Gasteiger partial charge in [-0.15, -0.1) is 0 Å². The molecule has 0 saturated heterocycles. The molecule has 0 aromatic carbocycles. The molecule has 5 nitrogen and oxygen atoms in total. The quantitative estimate of drug-likeness (QED) is 0.779. The molecule has 5 heteroatoms. The van der Waals surface area contributed by atoms with Crippen molar-refractivity contribution < 1.29 is 19.1 Å². The molecule has 108 valence electrons. The molecule has 0 saturated carbocycles. The first-order valence-electron chi connectivity index (χ1n) is 5.79. The van der Waals surface area contributed by atoms with Gasteiger partial charge in [-0.25, -0.2) is 4.79 Å². The van der Waals surface area contributed by atoms with Crippen LogP contribution in [0.1, 0.15) is 34.6 Å². The molecule has 0 aliphatic carbocycles. The van der Waals surface area contributed by atoms with Gasteiger partial charge in [0.2, 0.25) is 0 Å². The second kappa shape index (κ2) is 8.08. The lowest BCUT2D eigenvalue weighted by molar-refractivity contribution is -0.0980. The number of nitrogens with zero attached hydrogens (tertiary/aromatic N) is 1. The average Bonchev–Trinajstić information content (AvgIpc) is 2.17. The number of hydrogen-bond acceptors (Lipinski definition) is 4. The van der Waals surface area contributed by atoms with Gasteiger partial charge in [-0.05, 0) is 20.8 Å². The zero-order valence-electron chi connectivity index (χ0n) is 12.7. The lowest BCUT2D eigenvalue weighted by Gasteiger charge is -2.31. The van der Waals surface area contributed by atoms with E-state index in [2.05, 4.69) is 13.8 Å². The number of rotatable bonds is 4. The minimum Gasteiger partial charge on any atom is -0.444 e. The fourth-order valence-electron chi connectivity index (χ4n) is 1.48. The SMILES string of the molecule is C=O.COCC(C)(C)CN(C)C(=O)OC(C)(C)C. The molecule has 0 atom stereocenters. The molecule has 0 N–H and O–H groups in total. The van der Waals surface area contributed by atoms with Crippen LogP contribution in [0.15, 0.2) is 0 Å². The lowest BCUT2D eigenvalue weighted by Crippen LogP contribution is -2.41. The van der Waals surface area contributed by atoms with Gasteiger partial charge >= 0.3 is 6.09 Å². The van der Waals surface area contributed by atoms with Gasteiger partial charge in [0.05, 0.1) is 6.61 Å². The number of carbonyl (C=O) groups is 2. The van der Waals surface area contributed by atoms with E-state index in [1.165, 1.54) is 0 Å². The third kappa shape index (κ3) is 10.1. The van der Waals surface area contributed by atoms with E-state index < -0.39 is 5.60 Å². The van der Waals surface area contributed by atoms with Crippen molar-refractivity contribution in [1.82, 2.24) is 4.90 Å². The van der Waals surface area contributed by atoms with E-state index in [1.54, 1.807) is 19.1 Å². The normalized spacial score (nSPS) is 11.3. The molecule has 18 heavy (non-hydrogen) atoms. The number of amides is 1. The van der Waals surface area contributed by atoms with E-state index in [-0.39, 0.29) is 11.5 Å². The summed E-state index contributed by atoms with van der Waals surface area (Å²) < 4.78 is 10.4. The molecular formula is C13H27NO4. The molecule has 0 bridgehead atoms. The Morgan fingerprint density at radius 3 is 1.94 bits per heavy atom. The average molecular weight is 261 g/mol. The fourth-order valence-corrected chi connectivity index (χ4v) is 1.48. The van der Waals surface area contributed by atoms with Crippen LogP contribution in [0.2, 0.25) is 0 Å². The van der Waals surface area contributed by atoms with Crippen LogP contribution in [0.4, 0.5) is 4.79 Å². The first-order valence-corrected chi connectivity index (χ1v) is 5.79. The van der Waals surface area contributed by atoms with Crippen LogP contribution >= 0.6 is 0 Å². The first kappa shape index (κ1) is 19.2. The van der Waals surface area contributed by atoms with E-state index in [1.807, 2.05) is 27.6 Å². The number of hydrogen-bond donors (Lipinski definition) is 0. The van der Waals surface area contributed by atoms with Crippen LogP contribution in [0.5, 0.6) is 0 Å². The molecule has 0 spiro atoms. The van der Waals surface area contributed by atoms with Gasteiger partial charge in [-0.1, -0.05) is 13.8 Å². The van der Waals surface area contributed by atoms with Crippen LogP contribution in [-0.4, -0.2) is 50.7 Å². The Kier molecular flexibility index (Phi) is 8.64. The number of ether oxygens (including phenoxy) is 2. The Labute approximate surface area is 110 Å². The second-order valence-electron chi connectivity index (χ2n) is 5.93. The monoisotopic (exact) mass is 261 g/mol. The van der Waals surface area contributed by atoms with Crippen molar-refractivity contribution in [2.45, 2.75) is 40.2 Å². The number of carbonyl (C=O) groups excluding carboxylic acids is 2. The van der Waals surface area contributed by atoms with Crippen LogP contribution < -0.4 is 0 Å². The molecular weight excluding hydrogens is 234 g/mol. The molecule has 0 heterocycles. The Morgan fingerprint density at radius 1 is 1.17 bits per heavy atom. The molecule has 0 aromatic heterocycles. The lowest BCUT2D eigenvalue weighted by atomic mass is 9.94. The molecule has 0 unspecified atom stereocenters. The van der Waals surface area contributed by atoms with Crippen LogP contribution in [0.25, 0.3) is 0 Å². The molecule has 0 aliphatic heterocycles. The van der Waals surface area contributed by atoms with Gasteiger partial charge < -0.3 is 19.2 Å². The van der Waals surface area contributed by atoms with Crippen molar-refractivity contribution >= 4 is 12.9 Å². The zero-order valence-corrected chi connectivity index (χ0v) is 12.7. The smallest absolute Gasteiger partial charge is 0.410 e. The van der Waals surface area contributed by atoms with Gasteiger partial charge in [0.25, 0.3) is 0 Å². The highest BCUT2D eigenvalue weighted by atomic mass is 16.6. The van der Waals surface area contributed by atoms with E-state index in [0.29, 0.717) is 13.2 Å². The summed E-state index contributed by atoms with van der Waals surface area (Å²) >= 11 is 0. The molecule has 1 amide bonds. The third-order valence-electron chi connectivity index (χ3n) is 1.91. The minimum atomic E-state index is -0.448. The summed E-state index contributed by atoms with van der Waals surface area (Å²) in [6.07, 6.45) is -0.295. The maximum absolute atomic E-state index is 11.7. The van der Waals surface area contributed by atoms with E-state index in [0.717, 1.165) is 0 Å². The maximum Gasteiger partial charge on any atom is 0.410 e. The fraction of sp³-hybridized carbons (Fsp3) is 0.846. The van der Waals surface area contributed by atoms with Crippen molar-refractivity contribution in [3.8, 4) is 0 Å². The van der Waals surface area contributed by atoms with Crippen molar-refractivity contribution in [3.05, 3.63) is 0 Å². The zero-order chi connectivity index (χ0) is 15.0.